The van der Waals surface area contributed by atoms with Crippen molar-refractivity contribution in [3.63, 3.8) is 0 Å². The lowest BCUT2D eigenvalue weighted by Crippen LogP contribution is -2.52. The standard InChI is InChI=1S/C29H42N6O4/c1-18(2)35-25-11-10-22(16-24(25)27(37)34(29(35)39)14-12-19-8-9-19)32-28(38)33-13-4-7-23(17-33)31-26(36)20-5-3-6-21(30)15-20/h10-11,16,18-21,23H,3-9,12-15,17,30H2,1-2H3,(H,31,36)(H,32,38)/t20?,21?,23-/m1/s1. The van der Waals surface area contributed by atoms with Gasteiger partial charge in [0.2, 0.25) is 5.91 Å². The summed E-state index contributed by atoms with van der Waals surface area (Å²) in [7, 11) is 0. The number of piperidine rings is 1. The lowest BCUT2D eigenvalue weighted by atomic mass is 9.85. The van der Waals surface area contributed by atoms with Crippen LogP contribution in [-0.4, -0.2) is 51.1 Å². The summed E-state index contributed by atoms with van der Waals surface area (Å²) < 4.78 is 3.01. The molecule has 2 heterocycles. The molecule has 1 aromatic carbocycles. The molecule has 2 aromatic rings. The summed E-state index contributed by atoms with van der Waals surface area (Å²) in [5, 5.41) is 6.51. The Morgan fingerprint density at radius 3 is 2.59 bits per heavy atom. The van der Waals surface area contributed by atoms with E-state index in [1.165, 1.54) is 4.57 Å². The number of hydrogen-bond donors (Lipinski definition) is 3. The minimum atomic E-state index is -0.313. The first-order chi connectivity index (χ1) is 18.7. The van der Waals surface area contributed by atoms with E-state index in [1.54, 1.807) is 27.7 Å². The Morgan fingerprint density at radius 1 is 1.08 bits per heavy atom. The number of rotatable bonds is 7. The molecule has 10 nitrogen and oxygen atoms in total. The van der Waals surface area contributed by atoms with Gasteiger partial charge in [-0.3, -0.25) is 18.7 Å². The number of urea groups is 1. The molecule has 0 bridgehead atoms. The molecule has 39 heavy (non-hydrogen) atoms. The van der Waals surface area contributed by atoms with E-state index in [1.807, 2.05) is 13.8 Å². The lowest BCUT2D eigenvalue weighted by molar-refractivity contribution is -0.127. The molecule has 2 saturated carbocycles. The van der Waals surface area contributed by atoms with Crippen LogP contribution >= 0.6 is 0 Å². The Bertz CT molecular complexity index is 1340. The Hall–Kier alpha value is -3.14. The maximum absolute atomic E-state index is 13.4. The Labute approximate surface area is 228 Å². The topological polar surface area (TPSA) is 131 Å². The predicted octanol–water partition coefficient (Wildman–Crippen LogP) is 3.17. The summed E-state index contributed by atoms with van der Waals surface area (Å²) in [5.74, 6) is 0.594. The molecule has 3 aliphatic rings. The third-order valence-electron chi connectivity index (χ3n) is 8.53. The molecular formula is C29H42N6O4. The van der Waals surface area contributed by atoms with Crippen LogP contribution in [0.4, 0.5) is 10.5 Å². The molecule has 3 fully saturated rings. The summed E-state index contributed by atoms with van der Waals surface area (Å²) in [6.45, 7) is 5.31. The molecule has 5 rings (SSSR count). The SMILES string of the molecule is CC(C)n1c(=O)n(CCC2CC2)c(=O)c2cc(NC(=O)N3CCC[C@@H](NC(=O)C4CCCC(N)C4)C3)ccc21. The van der Waals surface area contributed by atoms with Gasteiger partial charge in [0.1, 0.15) is 0 Å². The van der Waals surface area contributed by atoms with Gasteiger partial charge >= 0.3 is 11.7 Å². The molecular weight excluding hydrogens is 496 g/mol. The van der Waals surface area contributed by atoms with Gasteiger partial charge in [-0.25, -0.2) is 9.59 Å². The molecule has 10 heteroatoms. The summed E-state index contributed by atoms with van der Waals surface area (Å²) >= 11 is 0. The van der Waals surface area contributed by atoms with Crippen molar-refractivity contribution in [1.29, 1.82) is 0 Å². The number of fused-ring (bicyclic) bond motifs is 1. The van der Waals surface area contributed by atoms with Gasteiger partial charge in [-0.2, -0.15) is 0 Å². The van der Waals surface area contributed by atoms with E-state index in [2.05, 4.69) is 10.6 Å². The van der Waals surface area contributed by atoms with E-state index >= 15 is 0 Å². The molecule has 1 aromatic heterocycles. The van der Waals surface area contributed by atoms with Gasteiger partial charge in [0.25, 0.3) is 5.56 Å². The van der Waals surface area contributed by atoms with Crippen molar-refractivity contribution in [3.8, 4) is 0 Å². The number of carbonyl (C=O) groups excluding carboxylic acids is 2. The van der Waals surface area contributed by atoms with Gasteiger partial charge in [-0.05, 0) is 76.5 Å². The van der Waals surface area contributed by atoms with Crippen LogP contribution < -0.4 is 27.6 Å². The van der Waals surface area contributed by atoms with E-state index in [-0.39, 0.29) is 47.2 Å². The molecule has 3 amide bonds. The molecule has 0 radical (unpaired) electrons. The highest BCUT2D eigenvalue weighted by Gasteiger charge is 2.30. The van der Waals surface area contributed by atoms with Crippen molar-refractivity contribution in [2.24, 2.45) is 17.6 Å². The normalized spacial score (nSPS) is 23.7. The minimum Gasteiger partial charge on any atom is -0.351 e. The molecule has 212 valence electrons. The van der Waals surface area contributed by atoms with Gasteiger partial charge in [0.05, 0.1) is 10.9 Å². The first-order valence-corrected chi connectivity index (χ1v) is 14.6. The number of likely N-dealkylation sites (tertiary alicyclic amines) is 1. The van der Waals surface area contributed by atoms with E-state index in [0.29, 0.717) is 42.1 Å². The van der Waals surface area contributed by atoms with Crippen LogP contribution in [0.1, 0.15) is 77.7 Å². The Kier molecular flexibility index (Phi) is 8.11. The van der Waals surface area contributed by atoms with Crippen LogP contribution in [0.3, 0.4) is 0 Å². The molecule has 0 spiro atoms. The zero-order valence-electron chi connectivity index (χ0n) is 23.2. The molecule has 2 unspecified atom stereocenters. The smallest absolute Gasteiger partial charge is 0.331 e. The number of amides is 3. The van der Waals surface area contributed by atoms with Crippen molar-refractivity contribution in [1.82, 2.24) is 19.4 Å². The van der Waals surface area contributed by atoms with Gasteiger partial charge in [-0.1, -0.05) is 19.3 Å². The van der Waals surface area contributed by atoms with Gasteiger partial charge in [0.15, 0.2) is 0 Å². The fourth-order valence-electron chi connectivity index (χ4n) is 6.14. The van der Waals surface area contributed by atoms with Crippen LogP contribution in [0, 0.1) is 11.8 Å². The second-order valence-electron chi connectivity index (χ2n) is 12.0. The number of carbonyl (C=O) groups is 2. The predicted molar refractivity (Wildman–Crippen MR) is 152 cm³/mol. The fourth-order valence-corrected chi connectivity index (χ4v) is 6.14. The number of benzene rings is 1. The molecule has 3 atom stereocenters. The Balaban J connectivity index is 1.29. The van der Waals surface area contributed by atoms with E-state index in [4.69, 9.17) is 5.73 Å². The highest BCUT2D eigenvalue weighted by Crippen LogP contribution is 2.32. The third-order valence-corrected chi connectivity index (χ3v) is 8.53. The van der Waals surface area contributed by atoms with E-state index in [0.717, 1.165) is 57.8 Å². The summed E-state index contributed by atoms with van der Waals surface area (Å²) in [6, 6.07) is 4.78. The zero-order chi connectivity index (χ0) is 27.7. The molecule has 2 aliphatic carbocycles. The van der Waals surface area contributed by atoms with Crippen LogP contribution in [0.5, 0.6) is 0 Å². The van der Waals surface area contributed by atoms with Crippen molar-refractivity contribution >= 4 is 28.5 Å². The van der Waals surface area contributed by atoms with E-state index < -0.39 is 0 Å². The fraction of sp³-hybridized carbons (Fsp3) is 0.655. The maximum atomic E-state index is 13.4. The Morgan fingerprint density at radius 2 is 1.87 bits per heavy atom. The van der Waals surface area contributed by atoms with Crippen LogP contribution in [-0.2, 0) is 11.3 Å². The number of nitrogens with zero attached hydrogens (tertiary/aromatic N) is 3. The molecule has 1 aliphatic heterocycles. The van der Waals surface area contributed by atoms with Gasteiger partial charge < -0.3 is 21.3 Å². The van der Waals surface area contributed by atoms with Crippen molar-refractivity contribution in [2.75, 3.05) is 18.4 Å². The molecule has 1 saturated heterocycles. The van der Waals surface area contributed by atoms with Crippen LogP contribution in [0.25, 0.3) is 10.9 Å². The van der Waals surface area contributed by atoms with Crippen molar-refractivity contribution in [2.45, 2.75) is 96.3 Å². The minimum absolute atomic E-state index is 0.0427. The van der Waals surface area contributed by atoms with Gasteiger partial charge in [-0.15, -0.1) is 0 Å². The lowest BCUT2D eigenvalue weighted by Gasteiger charge is -2.34. The second-order valence-corrected chi connectivity index (χ2v) is 12.0. The average molecular weight is 539 g/mol. The average Bonchev–Trinajstić information content (AvgIpc) is 3.73. The first-order valence-electron chi connectivity index (χ1n) is 14.6. The van der Waals surface area contributed by atoms with Crippen LogP contribution in [0.2, 0.25) is 0 Å². The maximum Gasteiger partial charge on any atom is 0.331 e. The second kappa shape index (κ2) is 11.5. The van der Waals surface area contributed by atoms with Crippen molar-refractivity contribution < 1.29 is 9.59 Å². The summed E-state index contributed by atoms with van der Waals surface area (Å²) in [4.78, 5) is 54.3. The number of nitrogens with one attached hydrogen (secondary N) is 2. The van der Waals surface area contributed by atoms with Gasteiger partial charge in [0, 0.05) is 49.4 Å². The quantitative estimate of drug-likeness (QED) is 0.498. The van der Waals surface area contributed by atoms with E-state index in [9.17, 15) is 19.2 Å². The number of nitrogens with two attached hydrogens (primary N) is 1. The number of anilines is 1. The number of hydrogen-bond acceptors (Lipinski definition) is 5. The highest BCUT2D eigenvalue weighted by atomic mass is 16.2. The largest absolute Gasteiger partial charge is 0.351 e. The summed E-state index contributed by atoms with van der Waals surface area (Å²) in [6.07, 6.45) is 8.31. The monoisotopic (exact) mass is 538 g/mol. The van der Waals surface area contributed by atoms with Crippen LogP contribution in [0.15, 0.2) is 27.8 Å². The third kappa shape index (κ3) is 6.21. The summed E-state index contributed by atoms with van der Waals surface area (Å²) in [5.41, 5.74) is 6.55. The number of aromatic nitrogens is 2. The zero-order valence-corrected chi connectivity index (χ0v) is 23.2. The highest BCUT2D eigenvalue weighted by molar-refractivity contribution is 5.92. The molecule has 4 N–H and O–H groups in total. The first kappa shape index (κ1) is 27.4. The van der Waals surface area contributed by atoms with Crippen molar-refractivity contribution in [3.05, 3.63) is 39.0 Å².